The van der Waals surface area contributed by atoms with Gasteiger partial charge in [-0.15, -0.1) is 0 Å². The summed E-state index contributed by atoms with van der Waals surface area (Å²) < 4.78 is 0. The third kappa shape index (κ3) is 7.11. The second-order valence-corrected chi connectivity index (χ2v) is 12.0. The Morgan fingerprint density at radius 3 is 2.31 bits per heavy atom. The van der Waals surface area contributed by atoms with Crippen molar-refractivity contribution in [1.82, 2.24) is 16.0 Å². The van der Waals surface area contributed by atoms with Crippen molar-refractivity contribution in [3.05, 3.63) is 0 Å². The summed E-state index contributed by atoms with van der Waals surface area (Å²) in [5.41, 5.74) is 5.91. The monoisotopic (exact) mass is 492 g/mol. The van der Waals surface area contributed by atoms with Gasteiger partial charge in [-0.2, -0.15) is 0 Å². The first kappa shape index (κ1) is 27.8. The molecule has 8 heteroatoms. The van der Waals surface area contributed by atoms with E-state index in [2.05, 4.69) is 36.7 Å². The zero-order valence-corrected chi connectivity index (χ0v) is 22.0. The highest BCUT2D eigenvalue weighted by atomic mass is 16.4. The normalized spacial score (nSPS) is 29.4. The van der Waals surface area contributed by atoms with Gasteiger partial charge < -0.3 is 26.8 Å². The first-order valence-corrected chi connectivity index (χ1v) is 13.9. The van der Waals surface area contributed by atoms with Crippen LogP contribution in [-0.4, -0.2) is 48.2 Å². The van der Waals surface area contributed by atoms with Gasteiger partial charge in [0.15, 0.2) is 0 Å². The van der Waals surface area contributed by atoms with Gasteiger partial charge in [-0.1, -0.05) is 52.9 Å². The minimum absolute atomic E-state index is 0.147. The molecule has 0 heterocycles. The summed E-state index contributed by atoms with van der Waals surface area (Å²) >= 11 is 0. The van der Waals surface area contributed by atoms with E-state index in [1.807, 2.05) is 0 Å². The van der Waals surface area contributed by atoms with Crippen molar-refractivity contribution in [3.63, 3.8) is 0 Å². The molecule has 0 saturated heterocycles. The first-order valence-electron chi connectivity index (χ1n) is 13.9. The molecule has 6 atom stereocenters. The molecule has 0 aromatic carbocycles. The number of carbonyl (C=O) groups excluding carboxylic acids is 2. The number of fused-ring (bicyclic) bond motifs is 2. The average Bonchev–Trinajstić information content (AvgIpc) is 2.82. The maximum absolute atomic E-state index is 13.3. The van der Waals surface area contributed by atoms with E-state index < -0.39 is 24.1 Å². The molecule has 0 radical (unpaired) electrons. The number of carboxylic acid groups (broad SMARTS) is 1. The second kappa shape index (κ2) is 12.4. The number of rotatable bonds is 12. The van der Waals surface area contributed by atoms with Crippen molar-refractivity contribution in [2.75, 3.05) is 13.1 Å². The van der Waals surface area contributed by atoms with Crippen LogP contribution in [0.25, 0.3) is 0 Å². The van der Waals surface area contributed by atoms with Crippen LogP contribution < -0.4 is 21.7 Å². The van der Waals surface area contributed by atoms with E-state index in [9.17, 15) is 19.5 Å². The maximum atomic E-state index is 13.3. The second-order valence-electron chi connectivity index (χ2n) is 12.0. The summed E-state index contributed by atoms with van der Waals surface area (Å²) in [7, 11) is 0. The van der Waals surface area contributed by atoms with Crippen LogP contribution >= 0.6 is 0 Å². The molecule has 0 spiro atoms. The fourth-order valence-electron chi connectivity index (χ4n) is 6.98. The molecule has 4 aliphatic rings. The van der Waals surface area contributed by atoms with Crippen molar-refractivity contribution in [2.24, 2.45) is 40.7 Å². The average molecular weight is 493 g/mol. The number of hydrogen-bond acceptors (Lipinski definition) is 4. The van der Waals surface area contributed by atoms with Gasteiger partial charge in [0, 0.05) is 6.54 Å². The number of aliphatic carboxylic acids is 1. The van der Waals surface area contributed by atoms with Crippen molar-refractivity contribution >= 4 is 17.9 Å². The van der Waals surface area contributed by atoms with Gasteiger partial charge >= 0.3 is 12.0 Å². The van der Waals surface area contributed by atoms with Crippen molar-refractivity contribution < 1.29 is 19.5 Å². The smallest absolute Gasteiger partial charge is 0.326 e. The van der Waals surface area contributed by atoms with E-state index in [0.29, 0.717) is 61.9 Å². The zero-order chi connectivity index (χ0) is 25.6. The molecule has 3 amide bonds. The topological polar surface area (TPSA) is 134 Å². The number of urea groups is 1. The number of amides is 3. The molecule has 8 nitrogen and oxygen atoms in total. The molecular formula is C27H48N4O4. The van der Waals surface area contributed by atoms with Gasteiger partial charge in [-0.05, 0) is 80.1 Å². The van der Waals surface area contributed by atoms with Crippen molar-refractivity contribution in [3.8, 4) is 0 Å². The molecule has 4 fully saturated rings. The highest BCUT2D eigenvalue weighted by molar-refractivity contribution is 5.88. The number of hydrogen-bond donors (Lipinski definition) is 5. The molecular weight excluding hydrogens is 444 g/mol. The molecule has 35 heavy (non-hydrogen) atoms. The molecule has 4 saturated carbocycles. The predicted molar refractivity (Wildman–Crippen MR) is 137 cm³/mol. The Morgan fingerprint density at radius 1 is 1.03 bits per heavy atom. The molecule has 200 valence electrons. The lowest BCUT2D eigenvalue weighted by Gasteiger charge is -2.62. The lowest BCUT2D eigenvalue weighted by atomic mass is 9.43. The number of carboxylic acids is 1. The third-order valence-corrected chi connectivity index (χ3v) is 9.52. The number of unbranched alkanes of at least 4 members (excludes halogenated alkanes) is 1. The van der Waals surface area contributed by atoms with Crippen LogP contribution in [0.3, 0.4) is 0 Å². The number of nitrogens with two attached hydrogens (primary N) is 1. The van der Waals surface area contributed by atoms with Crippen LogP contribution in [0.5, 0.6) is 0 Å². The third-order valence-electron chi connectivity index (χ3n) is 9.52. The van der Waals surface area contributed by atoms with E-state index in [0.717, 1.165) is 43.9 Å². The summed E-state index contributed by atoms with van der Waals surface area (Å²) in [4.78, 5) is 37.6. The summed E-state index contributed by atoms with van der Waals surface area (Å²) in [5, 5.41) is 18.0. The lowest BCUT2D eigenvalue weighted by molar-refractivity contribution is -0.139. The minimum atomic E-state index is -1.07. The minimum Gasteiger partial charge on any atom is -0.480 e. The van der Waals surface area contributed by atoms with Crippen LogP contribution in [-0.2, 0) is 9.59 Å². The Morgan fingerprint density at radius 2 is 1.71 bits per heavy atom. The van der Waals surface area contributed by atoms with Crippen LogP contribution in [0.4, 0.5) is 4.79 Å². The van der Waals surface area contributed by atoms with E-state index in [1.165, 1.54) is 12.8 Å². The van der Waals surface area contributed by atoms with Crippen molar-refractivity contribution in [2.45, 2.75) is 103 Å². The van der Waals surface area contributed by atoms with Gasteiger partial charge in [0.05, 0.1) is 0 Å². The fraction of sp³-hybridized carbons (Fsp3) is 0.889. The van der Waals surface area contributed by atoms with Crippen LogP contribution in [0.1, 0.15) is 91.4 Å². The van der Waals surface area contributed by atoms with E-state index in [1.54, 1.807) is 0 Å². The molecule has 2 bridgehead atoms. The zero-order valence-electron chi connectivity index (χ0n) is 22.0. The molecule has 4 aliphatic carbocycles. The van der Waals surface area contributed by atoms with Gasteiger partial charge in [0.2, 0.25) is 5.91 Å². The Bertz CT molecular complexity index is 737. The lowest BCUT2D eigenvalue weighted by Crippen LogP contribution is -2.58. The standard InChI is InChI=1S/C27H48N4O4/c1-17-19(14-20-15-21(17)27(20,2)3)16-29-24(32)23(13-18-9-5-4-6-10-18)31-26(35)30-22(25(33)34)11-7-8-12-28/h17-23H,4-16,28H2,1-3H3,(H,29,32)(H,33,34)(H2,30,31,35)/t17-,19+,20?,21+,22+,23?/m1/s1. The molecule has 0 aromatic heterocycles. The summed E-state index contributed by atoms with van der Waals surface area (Å²) in [6.45, 7) is 8.20. The van der Waals surface area contributed by atoms with Gasteiger partial charge in [-0.3, -0.25) is 4.79 Å². The summed E-state index contributed by atoms with van der Waals surface area (Å²) in [6.07, 6.45) is 10.4. The Kier molecular flexibility index (Phi) is 9.85. The molecule has 6 N–H and O–H groups in total. The van der Waals surface area contributed by atoms with Crippen molar-refractivity contribution in [1.29, 1.82) is 0 Å². The van der Waals surface area contributed by atoms with Gasteiger partial charge in [-0.25, -0.2) is 9.59 Å². The molecule has 0 aromatic rings. The summed E-state index contributed by atoms with van der Waals surface area (Å²) in [6, 6.07) is -2.23. The number of nitrogens with one attached hydrogen (secondary N) is 3. The fourth-order valence-corrected chi connectivity index (χ4v) is 6.98. The maximum Gasteiger partial charge on any atom is 0.326 e. The molecule has 4 rings (SSSR count). The number of carbonyl (C=O) groups is 3. The van der Waals surface area contributed by atoms with E-state index in [-0.39, 0.29) is 5.91 Å². The Balaban J connectivity index is 1.56. The van der Waals surface area contributed by atoms with Crippen LogP contribution in [0, 0.1) is 35.0 Å². The molecule has 0 aliphatic heterocycles. The quantitative estimate of drug-likeness (QED) is 0.265. The Labute approximate surface area is 210 Å². The highest BCUT2D eigenvalue weighted by Crippen LogP contribution is 2.62. The Hall–Kier alpha value is -1.83. The van der Waals surface area contributed by atoms with Gasteiger partial charge in [0.25, 0.3) is 0 Å². The predicted octanol–water partition coefficient (Wildman–Crippen LogP) is 3.64. The van der Waals surface area contributed by atoms with Gasteiger partial charge in [0.1, 0.15) is 12.1 Å². The molecule has 2 unspecified atom stereocenters. The van der Waals surface area contributed by atoms with Crippen LogP contribution in [0.15, 0.2) is 0 Å². The largest absolute Gasteiger partial charge is 0.480 e. The van der Waals surface area contributed by atoms with E-state index in [4.69, 9.17) is 5.73 Å². The highest BCUT2D eigenvalue weighted by Gasteiger charge is 2.56. The SMILES string of the molecule is C[C@@H]1[C@H](CNC(=O)C(CC2CCCCC2)NC(=O)N[C@@H](CCCCN)C(=O)O)CC2C[C@@H]1C2(C)C. The van der Waals surface area contributed by atoms with E-state index >= 15 is 0 Å². The van der Waals surface area contributed by atoms with Crippen LogP contribution in [0.2, 0.25) is 0 Å². The summed E-state index contributed by atoms with van der Waals surface area (Å²) in [5.74, 6) is 1.69. The first-order chi connectivity index (χ1) is 16.6.